The molecule has 0 saturated heterocycles. The van der Waals surface area contributed by atoms with Gasteiger partial charge in [-0.15, -0.1) is 0 Å². The Balaban J connectivity index is 1.77. The van der Waals surface area contributed by atoms with E-state index < -0.39 is 34.8 Å². The quantitative estimate of drug-likeness (QED) is 0.203. The van der Waals surface area contributed by atoms with Gasteiger partial charge in [0.1, 0.15) is 28.2 Å². The molecule has 1 unspecified atom stereocenters. The van der Waals surface area contributed by atoms with Gasteiger partial charge in [0.05, 0.1) is 12.0 Å². The van der Waals surface area contributed by atoms with Gasteiger partial charge in [-0.2, -0.15) is 0 Å². The summed E-state index contributed by atoms with van der Waals surface area (Å²) in [6, 6.07) is 12.2. The standard InChI is InChI=1S/C25H16O9/c26-15-6-5-13(7-16(15)27)19-9-17(28)23-18(29)10-20-22(24(23)34-19)14(8-21(30)33-20)11-1-3-12(4-2-11)25(31)32/h1-7,9-10,14,26-27,29H,8H2,(H,31,32). The van der Waals surface area contributed by atoms with Crippen LogP contribution in [0.4, 0.5) is 0 Å². The first kappa shape index (κ1) is 21.1. The van der Waals surface area contributed by atoms with Crippen LogP contribution in [0.2, 0.25) is 0 Å². The van der Waals surface area contributed by atoms with Crippen molar-refractivity contribution in [1.82, 2.24) is 0 Å². The molecule has 4 aromatic rings. The van der Waals surface area contributed by atoms with Crippen molar-refractivity contribution in [3.63, 3.8) is 0 Å². The topological polar surface area (TPSA) is 155 Å². The number of benzene rings is 3. The highest BCUT2D eigenvalue weighted by Crippen LogP contribution is 2.46. The molecule has 34 heavy (non-hydrogen) atoms. The number of aromatic carboxylic acids is 1. The van der Waals surface area contributed by atoms with Gasteiger partial charge in [-0.25, -0.2) is 4.79 Å². The Hall–Kier alpha value is -4.79. The predicted molar refractivity (Wildman–Crippen MR) is 118 cm³/mol. The number of carboxylic acids is 1. The van der Waals surface area contributed by atoms with E-state index in [1.807, 2.05) is 0 Å². The fourth-order valence-corrected chi connectivity index (χ4v) is 4.12. The van der Waals surface area contributed by atoms with Gasteiger partial charge in [-0.3, -0.25) is 9.59 Å². The first-order chi connectivity index (χ1) is 16.2. The Bertz CT molecular complexity index is 1550. The van der Waals surface area contributed by atoms with Crippen LogP contribution in [0.5, 0.6) is 23.0 Å². The second-order valence-corrected chi connectivity index (χ2v) is 7.85. The molecule has 3 aromatic carbocycles. The number of esters is 1. The molecule has 5 rings (SSSR count). The zero-order chi connectivity index (χ0) is 24.1. The molecule has 1 aliphatic rings. The monoisotopic (exact) mass is 460 g/mol. The van der Waals surface area contributed by atoms with Crippen LogP contribution in [0.15, 0.2) is 63.8 Å². The molecule has 0 bridgehead atoms. The molecular weight excluding hydrogens is 444 g/mol. The summed E-state index contributed by atoms with van der Waals surface area (Å²) in [5.74, 6) is -3.44. The Labute approximate surface area is 190 Å². The van der Waals surface area contributed by atoms with E-state index in [-0.39, 0.29) is 40.2 Å². The fraction of sp³-hybridized carbons (Fsp3) is 0.0800. The average Bonchev–Trinajstić information content (AvgIpc) is 2.79. The third kappa shape index (κ3) is 3.39. The summed E-state index contributed by atoms with van der Waals surface area (Å²) in [6.45, 7) is 0. The number of carboxylic acid groups (broad SMARTS) is 1. The number of phenolic OH excluding ortho intramolecular Hbond substituents is 3. The minimum absolute atomic E-state index is 0.00937. The van der Waals surface area contributed by atoms with Gasteiger partial charge in [-0.05, 0) is 35.9 Å². The molecule has 4 N–H and O–H groups in total. The number of aromatic hydroxyl groups is 3. The Kier molecular flexibility index (Phi) is 4.75. The van der Waals surface area contributed by atoms with Gasteiger partial charge >= 0.3 is 11.9 Å². The van der Waals surface area contributed by atoms with Crippen molar-refractivity contribution in [3.05, 3.63) is 81.5 Å². The van der Waals surface area contributed by atoms with Gasteiger partial charge < -0.3 is 29.6 Å². The molecule has 1 aliphatic heterocycles. The SMILES string of the molecule is O=C1CC(c2ccc(C(=O)O)cc2)c2c(cc(O)c3c(=O)cc(-c4ccc(O)c(O)c4)oc23)O1. The molecule has 0 amide bonds. The second-order valence-electron chi connectivity index (χ2n) is 7.85. The van der Waals surface area contributed by atoms with E-state index in [1.165, 1.54) is 36.4 Å². The molecule has 1 atom stereocenters. The number of fused-ring (bicyclic) bond motifs is 3. The molecule has 1 aromatic heterocycles. The van der Waals surface area contributed by atoms with Crippen molar-refractivity contribution < 1.29 is 39.2 Å². The molecule has 9 heteroatoms. The molecule has 0 spiro atoms. The summed E-state index contributed by atoms with van der Waals surface area (Å²) >= 11 is 0. The van der Waals surface area contributed by atoms with E-state index in [0.717, 1.165) is 6.07 Å². The van der Waals surface area contributed by atoms with Crippen LogP contribution in [0.25, 0.3) is 22.3 Å². The lowest BCUT2D eigenvalue weighted by atomic mass is 9.84. The van der Waals surface area contributed by atoms with Crippen molar-refractivity contribution >= 4 is 22.9 Å². The number of carbonyl (C=O) groups is 2. The van der Waals surface area contributed by atoms with Gasteiger partial charge in [0, 0.05) is 29.2 Å². The first-order valence-electron chi connectivity index (χ1n) is 10.1. The fourth-order valence-electron chi connectivity index (χ4n) is 4.12. The van der Waals surface area contributed by atoms with Crippen LogP contribution in [-0.2, 0) is 4.79 Å². The summed E-state index contributed by atoms with van der Waals surface area (Å²) in [5.41, 5.74) is 0.717. The molecule has 9 nitrogen and oxygen atoms in total. The van der Waals surface area contributed by atoms with Crippen LogP contribution < -0.4 is 10.2 Å². The van der Waals surface area contributed by atoms with E-state index in [1.54, 1.807) is 12.1 Å². The summed E-state index contributed by atoms with van der Waals surface area (Å²) in [6.07, 6.45) is -0.104. The summed E-state index contributed by atoms with van der Waals surface area (Å²) in [4.78, 5) is 36.5. The number of hydrogen-bond acceptors (Lipinski definition) is 8. The van der Waals surface area contributed by atoms with Crippen LogP contribution >= 0.6 is 0 Å². The average molecular weight is 460 g/mol. The second kappa shape index (κ2) is 7.66. The van der Waals surface area contributed by atoms with Crippen LogP contribution in [0.1, 0.15) is 33.8 Å². The van der Waals surface area contributed by atoms with Gasteiger partial charge in [-0.1, -0.05) is 12.1 Å². The smallest absolute Gasteiger partial charge is 0.335 e. The Morgan fingerprint density at radius 1 is 0.882 bits per heavy atom. The van der Waals surface area contributed by atoms with E-state index >= 15 is 0 Å². The number of ether oxygens (including phenoxy) is 1. The minimum Gasteiger partial charge on any atom is -0.507 e. The highest BCUT2D eigenvalue weighted by Gasteiger charge is 2.33. The first-order valence-corrected chi connectivity index (χ1v) is 10.1. The maximum Gasteiger partial charge on any atom is 0.335 e. The molecule has 0 fully saturated rings. The minimum atomic E-state index is -1.10. The lowest BCUT2D eigenvalue weighted by molar-refractivity contribution is -0.135. The van der Waals surface area contributed by atoms with Gasteiger partial charge in [0.25, 0.3) is 0 Å². The zero-order valence-corrected chi connectivity index (χ0v) is 17.3. The molecule has 0 radical (unpaired) electrons. The molecule has 170 valence electrons. The lowest BCUT2D eigenvalue weighted by Gasteiger charge is -2.26. The van der Waals surface area contributed by atoms with Crippen LogP contribution in [-0.4, -0.2) is 32.4 Å². The maximum atomic E-state index is 13.0. The predicted octanol–water partition coefficient (Wildman–Crippen LogP) is 3.72. The van der Waals surface area contributed by atoms with E-state index in [2.05, 4.69) is 0 Å². The van der Waals surface area contributed by atoms with Crippen LogP contribution in [0, 0.1) is 0 Å². The van der Waals surface area contributed by atoms with Crippen molar-refractivity contribution in [2.75, 3.05) is 0 Å². The third-order valence-corrected chi connectivity index (χ3v) is 5.74. The van der Waals surface area contributed by atoms with Gasteiger partial charge in [0.2, 0.25) is 0 Å². The molecule has 2 heterocycles. The highest BCUT2D eigenvalue weighted by atomic mass is 16.5. The van der Waals surface area contributed by atoms with Crippen molar-refractivity contribution in [3.8, 4) is 34.3 Å². The zero-order valence-electron chi connectivity index (χ0n) is 17.3. The number of phenols is 3. The van der Waals surface area contributed by atoms with Crippen molar-refractivity contribution in [2.45, 2.75) is 12.3 Å². The highest BCUT2D eigenvalue weighted by molar-refractivity contribution is 5.93. The summed E-state index contributed by atoms with van der Waals surface area (Å²) in [7, 11) is 0. The number of carbonyl (C=O) groups excluding carboxylic acids is 1. The van der Waals surface area contributed by atoms with Crippen LogP contribution in [0.3, 0.4) is 0 Å². The molecule has 0 aliphatic carbocycles. The van der Waals surface area contributed by atoms with E-state index in [4.69, 9.17) is 9.15 Å². The van der Waals surface area contributed by atoms with Crippen molar-refractivity contribution in [1.29, 1.82) is 0 Å². The lowest BCUT2D eigenvalue weighted by Crippen LogP contribution is -2.22. The molecular formula is C25H16O9. The Morgan fingerprint density at radius 2 is 1.62 bits per heavy atom. The van der Waals surface area contributed by atoms with Crippen molar-refractivity contribution in [2.24, 2.45) is 0 Å². The number of hydrogen-bond donors (Lipinski definition) is 4. The summed E-state index contributed by atoms with van der Waals surface area (Å²) in [5, 5.41) is 39.0. The Morgan fingerprint density at radius 3 is 2.29 bits per heavy atom. The van der Waals surface area contributed by atoms with Gasteiger partial charge in [0.15, 0.2) is 16.9 Å². The normalized spacial score (nSPS) is 15.1. The molecule has 0 saturated carbocycles. The third-order valence-electron chi connectivity index (χ3n) is 5.74. The van der Waals surface area contributed by atoms with E-state index in [9.17, 15) is 34.8 Å². The summed E-state index contributed by atoms with van der Waals surface area (Å²) < 4.78 is 11.3. The maximum absolute atomic E-state index is 13.0. The number of rotatable bonds is 3. The van der Waals surface area contributed by atoms with E-state index in [0.29, 0.717) is 16.7 Å². The largest absolute Gasteiger partial charge is 0.507 e.